The molecule has 134 valence electrons. The van der Waals surface area contributed by atoms with E-state index in [-0.39, 0.29) is 11.7 Å². The van der Waals surface area contributed by atoms with E-state index >= 15 is 0 Å². The van der Waals surface area contributed by atoms with Crippen LogP contribution in [0.5, 0.6) is 0 Å². The number of nitrogens with zero attached hydrogens (tertiary/aromatic N) is 2. The van der Waals surface area contributed by atoms with Gasteiger partial charge in [-0.25, -0.2) is 9.89 Å². The number of rotatable bonds is 7. The monoisotopic (exact) mass is 369 g/mol. The normalized spacial score (nSPS) is 11.9. The third-order valence-electron chi connectivity index (χ3n) is 3.93. The van der Waals surface area contributed by atoms with Crippen LogP contribution in [0.3, 0.4) is 0 Å². The minimum atomic E-state index is -0.591. The van der Waals surface area contributed by atoms with Crippen LogP contribution in [0.1, 0.15) is 16.4 Å². The van der Waals surface area contributed by atoms with Crippen molar-refractivity contribution in [1.82, 2.24) is 14.8 Å². The second-order valence-electron chi connectivity index (χ2n) is 5.63. The number of methoxy groups -OCH3 is 1. The lowest BCUT2D eigenvalue weighted by molar-refractivity contribution is -0.140. The molecule has 0 amide bonds. The molecule has 1 N–H and O–H groups in total. The Kier molecular flexibility index (Phi) is 5.91. The topological polar surface area (TPSA) is 77.0 Å². The maximum atomic E-state index is 12.2. The standard InChI is InChI=1S/C19H19N3O3S/c1-25-17(23)16(15-10-6-3-7-11-15)26-19-21-20-18(24)22(19)13-12-14-8-4-2-5-9-14/h2-11,16H,12-13H2,1H3,(H,20,24). The highest BCUT2D eigenvalue weighted by molar-refractivity contribution is 8.00. The lowest BCUT2D eigenvalue weighted by Crippen LogP contribution is -2.20. The summed E-state index contributed by atoms with van der Waals surface area (Å²) < 4.78 is 6.48. The number of aromatic nitrogens is 3. The third-order valence-corrected chi connectivity index (χ3v) is 5.15. The quantitative estimate of drug-likeness (QED) is 0.512. The summed E-state index contributed by atoms with van der Waals surface area (Å²) in [6.45, 7) is 0.477. The van der Waals surface area contributed by atoms with Gasteiger partial charge >= 0.3 is 11.7 Å². The van der Waals surface area contributed by atoms with Gasteiger partial charge in [0.2, 0.25) is 0 Å². The van der Waals surface area contributed by atoms with Gasteiger partial charge < -0.3 is 4.74 Å². The molecule has 0 saturated carbocycles. The molecule has 2 aromatic carbocycles. The summed E-state index contributed by atoms with van der Waals surface area (Å²) in [5.74, 6) is -0.383. The highest BCUT2D eigenvalue weighted by atomic mass is 32.2. The van der Waals surface area contributed by atoms with Gasteiger partial charge in [0.15, 0.2) is 5.16 Å². The first-order valence-electron chi connectivity index (χ1n) is 8.17. The van der Waals surface area contributed by atoms with Crippen LogP contribution in [0.15, 0.2) is 70.6 Å². The Morgan fingerprint density at radius 2 is 1.81 bits per heavy atom. The highest BCUT2D eigenvalue weighted by Crippen LogP contribution is 2.34. The fourth-order valence-corrected chi connectivity index (χ4v) is 3.66. The summed E-state index contributed by atoms with van der Waals surface area (Å²) >= 11 is 1.20. The molecule has 3 rings (SSSR count). The van der Waals surface area contributed by atoms with Crippen molar-refractivity contribution in [2.75, 3.05) is 7.11 Å². The summed E-state index contributed by atoms with van der Waals surface area (Å²) in [5, 5.41) is 6.43. The Bertz CT molecular complexity index is 907. The molecule has 1 aromatic heterocycles. The number of esters is 1. The van der Waals surface area contributed by atoms with Crippen molar-refractivity contribution in [3.63, 3.8) is 0 Å². The number of aryl methyl sites for hydroxylation is 1. The van der Waals surface area contributed by atoms with E-state index in [4.69, 9.17) is 4.74 Å². The van der Waals surface area contributed by atoms with Gasteiger partial charge in [-0.05, 0) is 17.5 Å². The van der Waals surface area contributed by atoms with Crippen LogP contribution in [-0.4, -0.2) is 27.8 Å². The molecule has 0 aliphatic heterocycles. The average Bonchev–Trinajstić information content (AvgIpc) is 3.04. The Morgan fingerprint density at radius 1 is 1.15 bits per heavy atom. The Morgan fingerprint density at radius 3 is 2.46 bits per heavy atom. The second-order valence-corrected chi connectivity index (χ2v) is 6.70. The zero-order valence-electron chi connectivity index (χ0n) is 14.3. The van der Waals surface area contributed by atoms with E-state index in [9.17, 15) is 9.59 Å². The molecule has 1 atom stereocenters. The summed E-state index contributed by atoms with van der Waals surface area (Å²) in [6, 6.07) is 19.2. The predicted octanol–water partition coefficient (Wildman–Crippen LogP) is 2.82. The number of ether oxygens (including phenoxy) is 1. The fraction of sp³-hybridized carbons (Fsp3) is 0.211. The lowest BCUT2D eigenvalue weighted by Gasteiger charge is -2.14. The van der Waals surface area contributed by atoms with Crippen molar-refractivity contribution in [1.29, 1.82) is 0 Å². The molecular weight excluding hydrogens is 350 g/mol. The van der Waals surface area contributed by atoms with Gasteiger partial charge in [0.25, 0.3) is 0 Å². The largest absolute Gasteiger partial charge is 0.468 e. The predicted molar refractivity (Wildman–Crippen MR) is 100 cm³/mol. The molecule has 0 spiro atoms. The van der Waals surface area contributed by atoms with E-state index in [0.717, 1.165) is 11.1 Å². The van der Waals surface area contributed by atoms with E-state index in [1.54, 1.807) is 4.57 Å². The summed E-state index contributed by atoms with van der Waals surface area (Å²) in [4.78, 5) is 24.4. The number of carbonyl (C=O) groups excluding carboxylic acids is 1. The molecule has 0 fully saturated rings. The van der Waals surface area contributed by atoms with E-state index in [1.807, 2.05) is 60.7 Å². The molecule has 0 radical (unpaired) electrons. The van der Waals surface area contributed by atoms with Gasteiger partial charge in [0.05, 0.1) is 7.11 Å². The lowest BCUT2D eigenvalue weighted by atomic mass is 10.1. The van der Waals surface area contributed by atoms with Crippen molar-refractivity contribution < 1.29 is 9.53 Å². The molecule has 0 aliphatic carbocycles. The number of carbonyl (C=O) groups is 1. The molecule has 1 heterocycles. The molecule has 26 heavy (non-hydrogen) atoms. The second kappa shape index (κ2) is 8.53. The zero-order chi connectivity index (χ0) is 18.4. The Labute approximate surface area is 155 Å². The number of benzene rings is 2. The van der Waals surface area contributed by atoms with Crippen molar-refractivity contribution in [3.05, 3.63) is 82.3 Å². The summed E-state index contributed by atoms with van der Waals surface area (Å²) in [7, 11) is 1.35. The number of hydrogen-bond acceptors (Lipinski definition) is 5. The molecule has 6 nitrogen and oxygen atoms in total. The van der Waals surface area contributed by atoms with Crippen LogP contribution in [0.4, 0.5) is 0 Å². The van der Waals surface area contributed by atoms with Gasteiger partial charge in [-0.15, -0.1) is 5.10 Å². The smallest absolute Gasteiger partial charge is 0.343 e. The van der Waals surface area contributed by atoms with Crippen LogP contribution < -0.4 is 5.69 Å². The number of thioether (sulfide) groups is 1. The zero-order valence-corrected chi connectivity index (χ0v) is 15.1. The first kappa shape index (κ1) is 18.0. The van der Waals surface area contributed by atoms with E-state index < -0.39 is 5.25 Å². The van der Waals surface area contributed by atoms with E-state index in [0.29, 0.717) is 18.1 Å². The van der Waals surface area contributed by atoms with Gasteiger partial charge in [0.1, 0.15) is 5.25 Å². The highest BCUT2D eigenvalue weighted by Gasteiger charge is 2.25. The first-order valence-corrected chi connectivity index (χ1v) is 9.05. The molecule has 0 saturated heterocycles. The third kappa shape index (κ3) is 4.23. The van der Waals surface area contributed by atoms with Crippen molar-refractivity contribution in [3.8, 4) is 0 Å². The van der Waals surface area contributed by atoms with Crippen LogP contribution >= 0.6 is 11.8 Å². The maximum Gasteiger partial charge on any atom is 0.343 e. The molecule has 0 bridgehead atoms. The van der Waals surface area contributed by atoms with Crippen LogP contribution in [-0.2, 0) is 22.5 Å². The van der Waals surface area contributed by atoms with Crippen LogP contribution in [0, 0.1) is 0 Å². The number of hydrogen-bond donors (Lipinski definition) is 1. The average molecular weight is 369 g/mol. The molecular formula is C19H19N3O3S. The van der Waals surface area contributed by atoms with Gasteiger partial charge in [0, 0.05) is 6.54 Å². The maximum absolute atomic E-state index is 12.2. The summed E-state index contributed by atoms with van der Waals surface area (Å²) in [5.41, 5.74) is 1.64. The van der Waals surface area contributed by atoms with E-state index in [1.165, 1.54) is 18.9 Å². The number of aromatic amines is 1. The SMILES string of the molecule is COC(=O)C(Sc1n[nH]c(=O)n1CCc1ccccc1)c1ccccc1. The fourth-order valence-electron chi connectivity index (χ4n) is 2.57. The van der Waals surface area contributed by atoms with Crippen LogP contribution in [0.25, 0.3) is 0 Å². The molecule has 1 unspecified atom stereocenters. The molecule has 3 aromatic rings. The minimum absolute atomic E-state index is 0.292. The van der Waals surface area contributed by atoms with E-state index in [2.05, 4.69) is 10.2 Å². The van der Waals surface area contributed by atoms with Crippen molar-refractivity contribution in [2.24, 2.45) is 0 Å². The summed E-state index contributed by atoms with van der Waals surface area (Å²) in [6.07, 6.45) is 0.696. The van der Waals surface area contributed by atoms with Crippen molar-refractivity contribution >= 4 is 17.7 Å². The first-order chi connectivity index (χ1) is 12.7. The van der Waals surface area contributed by atoms with Gasteiger partial charge in [-0.2, -0.15) is 0 Å². The van der Waals surface area contributed by atoms with Crippen molar-refractivity contribution in [2.45, 2.75) is 23.4 Å². The molecule has 7 heteroatoms. The number of H-pyrrole nitrogens is 1. The molecule has 0 aliphatic rings. The van der Waals surface area contributed by atoms with Gasteiger partial charge in [-0.1, -0.05) is 72.4 Å². The number of nitrogens with one attached hydrogen (secondary N) is 1. The van der Waals surface area contributed by atoms with Gasteiger partial charge in [-0.3, -0.25) is 9.36 Å². The Balaban J connectivity index is 1.82. The van der Waals surface area contributed by atoms with Crippen LogP contribution in [0.2, 0.25) is 0 Å². The Hall–Kier alpha value is -2.80. The minimum Gasteiger partial charge on any atom is -0.468 e.